The van der Waals surface area contributed by atoms with Crippen LogP contribution >= 0.6 is 0 Å². The molecule has 1 aromatic carbocycles. The fourth-order valence-corrected chi connectivity index (χ4v) is 2.77. The SMILES string of the molecule is Cc1ccc(C)c(NC(=O)C2(C)CCN(C(C)C)C2)c1. The lowest BCUT2D eigenvalue weighted by molar-refractivity contribution is -0.124. The van der Waals surface area contributed by atoms with Gasteiger partial charge in [0.15, 0.2) is 0 Å². The first-order chi connectivity index (χ1) is 9.32. The number of hydrogen-bond donors (Lipinski definition) is 1. The van der Waals surface area contributed by atoms with Crippen molar-refractivity contribution in [1.82, 2.24) is 4.90 Å². The van der Waals surface area contributed by atoms with Crippen molar-refractivity contribution in [2.75, 3.05) is 18.4 Å². The first kappa shape index (κ1) is 15.0. The van der Waals surface area contributed by atoms with Crippen molar-refractivity contribution in [2.45, 2.75) is 47.1 Å². The predicted octanol–water partition coefficient (Wildman–Crippen LogP) is 3.36. The summed E-state index contributed by atoms with van der Waals surface area (Å²) in [6.07, 6.45) is 0.932. The normalized spacial score (nSPS) is 23.3. The van der Waals surface area contributed by atoms with Crippen LogP contribution in [0.1, 0.15) is 38.3 Å². The van der Waals surface area contributed by atoms with Crippen molar-refractivity contribution >= 4 is 11.6 Å². The number of carbonyl (C=O) groups excluding carboxylic acids is 1. The van der Waals surface area contributed by atoms with Gasteiger partial charge in [0.25, 0.3) is 0 Å². The average Bonchev–Trinajstić information content (AvgIpc) is 2.78. The lowest BCUT2D eigenvalue weighted by Crippen LogP contribution is -2.38. The van der Waals surface area contributed by atoms with Gasteiger partial charge >= 0.3 is 0 Å². The molecule has 0 radical (unpaired) electrons. The molecular formula is C17H26N2O. The van der Waals surface area contributed by atoms with Crippen LogP contribution in [0.15, 0.2) is 18.2 Å². The highest BCUT2D eigenvalue weighted by atomic mass is 16.2. The van der Waals surface area contributed by atoms with Crippen LogP contribution in [-0.4, -0.2) is 29.9 Å². The standard InChI is InChI=1S/C17H26N2O/c1-12(2)19-9-8-17(5,11-19)16(20)18-15-10-13(3)6-7-14(15)4/h6-7,10,12H,8-9,11H2,1-5H3,(H,18,20). The van der Waals surface area contributed by atoms with Crippen LogP contribution < -0.4 is 5.32 Å². The third-order valence-corrected chi connectivity index (χ3v) is 4.42. The van der Waals surface area contributed by atoms with E-state index >= 15 is 0 Å². The van der Waals surface area contributed by atoms with Gasteiger partial charge in [0, 0.05) is 18.3 Å². The topological polar surface area (TPSA) is 32.3 Å². The van der Waals surface area contributed by atoms with Gasteiger partial charge in [0.1, 0.15) is 0 Å². The molecule has 0 aliphatic carbocycles. The molecule has 2 rings (SSSR count). The number of anilines is 1. The zero-order chi connectivity index (χ0) is 14.9. The highest BCUT2D eigenvalue weighted by molar-refractivity contribution is 5.96. The van der Waals surface area contributed by atoms with Crippen LogP contribution in [0, 0.1) is 19.3 Å². The molecular weight excluding hydrogens is 248 g/mol. The molecule has 1 N–H and O–H groups in total. The molecule has 1 heterocycles. The fraction of sp³-hybridized carbons (Fsp3) is 0.588. The molecule has 1 aliphatic heterocycles. The van der Waals surface area contributed by atoms with Gasteiger partial charge < -0.3 is 5.32 Å². The van der Waals surface area contributed by atoms with Gasteiger partial charge in [-0.1, -0.05) is 12.1 Å². The maximum absolute atomic E-state index is 12.6. The summed E-state index contributed by atoms with van der Waals surface area (Å²) >= 11 is 0. The first-order valence-corrected chi connectivity index (χ1v) is 7.44. The highest BCUT2D eigenvalue weighted by Gasteiger charge is 2.41. The van der Waals surface area contributed by atoms with Crippen LogP contribution in [0.4, 0.5) is 5.69 Å². The second-order valence-corrected chi connectivity index (χ2v) is 6.65. The van der Waals surface area contributed by atoms with Gasteiger partial charge in [-0.2, -0.15) is 0 Å². The van der Waals surface area contributed by atoms with Crippen molar-refractivity contribution in [2.24, 2.45) is 5.41 Å². The molecule has 110 valence electrons. The van der Waals surface area contributed by atoms with Crippen molar-refractivity contribution in [1.29, 1.82) is 0 Å². The Morgan fingerprint density at radius 1 is 1.35 bits per heavy atom. The van der Waals surface area contributed by atoms with E-state index in [2.05, 4.69) is 43.1 Å². The Balaban J connectivity index is 2.10. The summed E-state index contributed by atoms with van der Waals surface area (Å²) < 4.78 is 0. The molecule has 3 heteroatoms. The number of nitrogens with one attached hydrogen (secondary N) is 1. The van der Waals surface area contributed by atoms with E-state index in [0.717, 1.165) is 30.8 Å². The van der Waals surface area contributed by atoms with E-state index in [1.54, 1.807) is 0 Å². The number of hydrogen-bond acceptors (Lipinski definition) is 2. The average molecular weight is 274 g/mol. The summed E-state index contributed by atoms with van der Waals surface area (Å²) in [6.45, 7) is 12.4. The molecule has 1 aromatic rings. The number of amides is 1. The summed E-state index contributed by atoms with van der Waals surface area (Å²) in [5.74, 6) is 0.148. The van der Waals surface area contributed by atoms with E-state index in [4.69, 9.17) is 0 Å². The number of benzene rings is 1. The minimum atomic E-state index is -0.277. The molecule has 1 aliphatic rings. The minimum Gasteiger partial charge on any atom is -0.325 e. The van der Waals surface area contributed by atoms with Crippen molar-refractivity contribution in [3.8, 4) is 0 Å². The smallest absolute Gasteiger partial charge is 0.231 e. The van der Waals surface area contributed by atoms with Crippen LogP contribution in [0.25, 0.3) is 0 Å². The Hall–Kier alpha value is -1.35. The Morgan fingerprint density at radius 2 is 2.05 bits per heavy atom. The van der Waals surface area contributed by atoms with E-state index in [-0.39, 0.29) is 11.3 Å². The lowest BCUT2D eigenvalue weighted by Gasteiger charge is -2.26. The maximum Gasteiger partial charge on any atom is 0.231 e. The second-order valence-electron chi connectivity index (χ2n) is 6.65. The molecule has 20 heavy (non-hydrogen) atoms. The quantitative estimate of drug-likeness (QED) is 0.916. The van der Waals surface area contributed by atoms with Crippen LogP contribution in [0.2, 0.25) is 0 Å². The van der Waals surface area contributed by atoms with Crippen molar-refractivity contribution < 1.29 is 4.79 Å². The Kier molecular flexibility index (Phi) is 4.19. The predicted molar refractivity (Wildman–Crippen MR) is 84.0 cm³/mol. The number of rotatable bonds is 3. The fourth-order valence-electron chi connectivity index (χ4n) is 2.77. The van der Waals surface area contributed by atoms with Gasteiger partial charge in [-0.15, -0.1) is 0 Å². The Morgan fingerprint density at radius 3 is 2.65 bits per heavy atom. The van der Waals surface area contributed by atoms with E-state index in [1.165, 1.54) is 5.56 Å². The highest BCUT2D eigenvalue weighted by Crippen LogP contribution is 2.32. The molecule has 0 spiro atoms. The van der Waals surface area contributed by atoms with Crippen LogP contribution in [0.5, 0.6) is 0 Å². The molecule has 0 aromatic heterocycles. The third kappa shape index (κ3) is 3.04. The molecule has 0 saturated carbocycles. The zero-order valence-corrected chi connectivity index (χ0v) is 13.3. The molecule has 3 nitrogen and oxygen atoms in total. The largest absolute Gasteiger partial charge is 0.325 e. The lowest BCUT2D eigenvalue weighted by atomic mass is 9.88. The molecule has 1 amide bonds. The van der Waals surface area contributed by atoms with E-state index in [0.29, 0.717) is 6.04 Å². The molecule has 1 atom stereocenters. The van der Waals surface area contributed by atoms with Crippen LogP contribution in [-0.2, 0) is 4.79 Å². The van der Waals surface area contributed by atoms with Crippen LogP contribution in [0.3, 0.4) is 0 Å². The Labute approximate surface area is 122 Å². The second kappa shape index (κ2) is 5.57. The van der Waals surface area contributed by atoms with Gasteiger partial charge in [-0.05, 0) is 64.8 Å². The minimum absolute atomic E-state index is 0.148. The monoisotopic (exact) mass is 274 g/mol. The summed E-state index contributed by atoms with van der Waals surface area (Å²) in [7, 11) is 0. The zero-order valence-electron chi connectivity index (χ0n) is 13.3. The van der Waals surface area contributed by atoms with Crippen molar-refractivity contribution in [3.63, 3.8) is 0 Å². The third-order valence-electron chi connectivity index (χ3n) is 4.42. The first-order valence-electron chi connectivity index (χ1n) is 7.44. The van der Waals surface area contributed by atoms with Gasteiger partial charge in [-0.25, -0.2) is 0 Å². The van der Waals surface area contributed by atoms with E-state index in [1.807, 2.05) is 19.9 Å². The number of nitrogens with zero attached hydrogens (tertiary/aromatic N) is 1. The molecule has 1 unspecified atom stereocenters. The van der Waals surface area contributed by atoms with Gasteiger partial charge in [-0.3, -0.25) is 9.69 Å². The number of likely N-dealkylation sites (tertiary alicyclic amines) is 1. The summed E-state index contributed by atoms with van der Waals surface area (Å²) in [6, 6.07) is 6.68. The number of aryl methyl sites for hydroxylation is 2. The maximum atomic E-state index is 12.6. The Bertz CT molecular complexity index is 510. The van der Waals surface area contributed by atoms with Gasteiger partial charge in [0.05, 0.1) is 5.41 Å². The molecule has 1 saturated heterocycles. The summed E-state index contributed by atoms with van der Waals surface area (Å²) in [4.78, 5) is 15.0. The van der Waals surface area contributed by atoms with Gasteiger partial charge in [0.2, 0.25) is 5.91 Å². The molecule has 1 fully saturated rings. The summed E-state index contributed by atoms with van der Waals surface area (Å²) in [5, 5.41) is 3.13. The van der Waals surface area contributed by atoms with E-state index < -0.39 is 0 Å². The molecule has 0 bridgehead atoms. The van der Waals surface area contributed by atoms with E-state index in [9.17, 15) is 4.79 Å². The number of carbonyl (C=O) groups is 1. The van der Waals surface area contributed by atoms with Crippen molar-refractivity contribution in [3.05, 3.63) is 29.3 Å². The summed E-state index contributed by atoms with van der Waals surface area (Å²) in [5.41, 5.74) is 2.96.